The molecule has 0 radical (unpaired) electrons. The van der Waals surface area contributed by atoms with E-state index >= 15 is 0 Å². The molecule has 2 aromatic rings. The van der Waals surface area contributed by atoms with Gasteiger partial charge in [-0.25, -0.2) is 0 Å². The fraction of sp³-hybridized carbons (Fsp3) is 0.364. The van der Waals surface area contributed by atoms with Crippen LogP contribution in [0.2, 0.25) is 0 Å². The molecule has 0 saturated carbocycles. The summed E-state index contributed by atoms with van der Waals surface area (Å²) in [6.45, 7) is 3.98. The lowest BCUT2D eigenvalue weighted by atomic mass is 10.0. The van der Waals surface area contributed by atoms with Gasteiger partial charge in [-0.3, -0.25) is 9.59 Å². The van der Waals surface area contributed by atoms with Crippen LogP contribution in [-0.4, -0.2) is 36.0 Å². The molecule has 140 valence electrons. The summed E-state index contributed by atoms with van der Waals surface area (Å²) in [5.41, 5.74) is 3.78. The summed E-state index contributed by atoms with van der Waals surface area (Å²) >= 11 is 0. The molecule has 0 aromatic heterocycles. The van der Waals surface area contributed by atoms with Crippen molar-refractivity contribution in [2.24, 2.45) is 0 Å². The molecule has 0 spiro atoms. The number of rotatable bonds is 5. The molecule has 0 unspecified atom stereocenters. The van der Waals surface area contributed by atoms with E-state index in [4.69, 9.17) is 4.74 Å². The highest BCUT2D eigenvalue weighted by Gasteiger charge is 2.33. The Labute approximate surface area is 159 Å². The molecule has 2 aliphatic heterocycles. The zero-order valence-corrected chi connectivity index (χ0v) is 15.5. The Balaban J connectivity index is 1.54. The number of nitrogens with one attached hydrogen (secondary N) is 1. The van der Waals surface area contributed by atoms with Gasteiger partial charge in [0.05, 0.1) is 17.2 Å². The van der Waals surface area contributed by atoms with Gasteiger partial charge in [0.25, 0.3) is 11.8 Å². The Morgan fingerprint density at radius 2 is 2.11 bits per heavy atom. The fourth-order valence-electron chi connectivity index (χ4n) is 3.86. The molecular formula is C22H24N2O3. The Kier molecular flexibility index (Phi) is 4.94. The largest absolute Gasteiger partial charge is 0.376 e. The molecule has 2 heterocycles. The van der Waals surface area contributed by atoms with Crippen LogP contribution >= 0.6 is 0 Å². The summed E-state index contributed by atoms with van der Waals surface area (Å²) in [5.74, 6) is -0.319. The van der Waals surface area contributed by atoms with E-state index in [1.54, 1.807) is 11.0 Å². The second kappa shape index (κ2) is 7.53. The summed E-state index contributed by atoms with van der Waals surface area (Å²) in [4.78, 5) is 27.6. The van der Waals surface area contributed by atoms with Crippen LogP contribution < -0.4 is 5.32 Å². The van der Waals surface area contributed by atoms with Crippen molar-refractivity contribution in [3.63, 3.8) is 0 Å². The molecule has 1 atom stereocenters. The van der Waals surface area contributed by atoms with Gasteiger partial charge in [-0.05, 0) is 48.6 Å². The van der Waals surface area contributed by atoms with Gasteiger partial charge in [0.2, 0.25) is 0 Å². The van der Waals surface area contributed by atoms with Crippen molar-refractivity contribution in [2.75, 3.05) is 18.5 Å². The van der Waals surface area contributed by atoms with Crippen LogP contribution in [0.4, 0.5) is 5.69 Å². The molecule has 4 rings (SSSR count). The quantitative estimate of drug-likeness (QED) is 0.881. The minimum Gasteiger partial charge on any atom is -0.376 e. The molecule has 1 N–H and O–H groups in total. The van der Waals surface area contributed by atoms with Crippen molar-refractivity contribution in [1.82, 2.24) is 4.90 Å². The second-order valence-electron chi connectivity index (χ2n) is 7.17. The molecule has 0 bridgehead atoms. The summed E-state index contributed by atoms with van der Waals surface area (Å²) in [5, 5.41) is 2.94. The molecule has 2 aliphatic rings. The molecular weight excluding hydrogens is 340 g/mol. The molecule has 27 heavy (non-hydrogen) atoms. The van der Waals surface area contributed by atoms with E-state index in [9.17, 15) is 9.59 Å². The number of ether oxygens (including phenoxy) is 1. The van der Waals surface area contributed by atoms with Crippen molar-refractivity contribution in [3.8, 4) is 0 Å². The Morgan fingerprint density at radius 1 is 1.26 bits per heavy atom. The third-order valence-corrected chi connectivity index (χ3v) is 5.30. The second-order valence-corrected chi connectivity index (χ2v) is 7.17. The summed E-state index contributed by atoms with van der Waals surface area (Å²) in [6, 6.07) is 13.3. The number of carbonyl (C=O) groups is 2. The number of carbonyl (C=O) groups excluding carboxylic acids is 2. The molecule has 0 aliphatic carbocycles. The highest BCUT2D eigenvalue weighted by molar-refractivity contribution is 6.13. The van der Waals surface area contributed by atoms with Crippen LogP contribution in [-0.2, 0) is 17.7 Å². The number of hydrogen-bond acceptors (Lipinski definition) is 3. The van der Waals surface area contributed by atoms with Crippen molar-refractivity contribution in [3.05, 3.63) is 64.7 Å². The minimum atomic E-state index is -0.243. The predicted octanol–water partition coefficient (Wildman–Crippen LogP) is 3.64. The predicted molar refractivity (Wildman–Crippen MR) is 104 cm³/mol. The van der Waals surface area contributed by atoms with Gasteiger partial charge in [-0.15, -0.1) is 0 Å². The van der Waals surface area contributed by atoms with E-state index in [0.29, 0.717) is 24.2 Å². The van der Waals surface area contributed by atoms with Gasteiger partial charge >= 0.3 is 0 Å². The van der Waals surface area contributed by atoms with Crippen molar-refractivity contribution < 1.29 is 14.3 Å². The zero-order chi connectivity index (χ0) is 18.8. The van der Waals surface area contributed by atoms with Gasteiger partial charge in [0.1, 0.15) is 0 Å². The number of fused-ring (bicyclic) bond motifs is 1. The zero-order valence-electron chi connectivity index (χ0n) is 15.5. The first-order valence-corrected chi connectivity index (χ1v) is 9.58. The first-order valence-electron chi connectivity index (χ1n) is 9.58. The smallest absolute Gasteiger partial charge is 0.256 e. The van der Waals surface area contributed by atoms with Crippen molar-refractivity contribution in [1.29, 1.82) is 0 Å². The Morgan fingerprint density at radius 3 is 2.89 bits per heavy atom. The average molecular weight is 364 g/mol. The van der Waals surface area contributed by atoms with E-state index in [2.05, 4.69) is 12.2 Å². The normalized spacial score (nSPS) is 18.6. The average Bonchev–Trinajstić information content (AvgIpc) is 3.30. The summed E-state index contributed by atoms with van der Waals surface area (Å²) in [7, 11) is 0. The molecule has 2 aromatic carbocycles. The number of benzene rings is 2. The highest BCUT2D eigenvalue weighted by atomic mass is 16.5. The van der Waals surface area contributed by atoms with Crippen molar-refractivity contribution >= 4 is 17.5 Å². The van der Waals surface area contributed by atoms with Gasteiger partial charge in [0.15, 0.2) is 0 Å². The lowest BCUT2D eigenvalue weighted by Crippen LogP contribution is -2.32. The first-order chi connectivity index (χ1) is 13.2. The summed E-state index contributed by atoms with van der Waals surface area (Å²) in [6.07, 6.45) is 3.05. The van der Waals surface area contributed by atoms with Gasteiger partial charge in [0, 0.05) is 25.4 Å². The molecule has 1 fully saturated rings. The number of nitrogens with zero attached hydrogens (tertiary/aromatic N) is 1. The number of amides is 2. The third-order valence-electron chi connectivity index (χ3n) is 5.30. The minimum absolute atomic E-state index is 0.0754. The van der Waals surface area contributed by atoms with Crippen LogP contribution in [0.1, 0.15) is 51.6 Å². The molecule has 5 heteroatoms. The van der Waals surface area contributed by atoms with Gasteiger partial charge in [-0.1, -0.05) is 31.2 Å². The fourth-order valence-corrected chi connectivity index (χ4v) is 3.86. The molecule has 5 nitrogen and oxygen atoms in total. The molecule has 1 saturated heterocycles. The van der Waals surface area contributed by atoms with E-state index in [-0.39, 0.29) is 17.9 Å². The van der Waals surface area contributed by atoms with E-state index in [1.807, 2.05) is 36.4 Å². The highest BCUT2D eigenvalue weighted by Crippen LogP contribution is 2.28. The van der Waals surface area contributed by atoms with E-state index < -0.39 is 0 Å². The topological polar surface area (TPSA) is 58.6 Å². The lowest BCUT2D eigenvalue weighted by Gasteiger charge is -2.19. The Hall–Kier alpha value is -2.66. The van der Waals surface area contributed by atoms with E-state index in [0.717, 1.165) is 42.7 Å². The third kappa shape index (κ3) is 3.60. The van der Waals surface area contributed by atoms with Crippen LogP contribution in [0.15, 0.2) is 42.5 Å². The monoisotopic (exact) mass is 364 g/mol. The van der Waals surface area contributed by atoms with E-state index in [1.165, 1.54) is 0 Å². The number of aryl methyl sites for hydroxylation is 1. The lowest BCUT2D eigenvalue weighted by molar-refractivity contribution is 0.0544. The SMILES string of the molecule is CCc1cccc(NC(=O)c2cccc3c2C(=O)N(C[C@H]2CCCO2)C3)c1. The van der Waals surface area contributed by atoms with Crippen LogP contribution in [0, 0.1) is 0 Å². The molecule has 2 amide bonds. The standard InChI is InChI=1S/C22H24N2O3/c1-2-15-6-3-8-17(12-15)23-21(25)19-10-4-7-16-13-24(22(26)20(16)19)14-18-9-5-11-27-18/h3-4,6-8,10,12,18H,2,5,9,11,13-14H2,1H3,(H,23,25)/t18-/m1/s1. The van der Waals surface area contributed by atoms with Gasteiger partial charge < -0.3 is 15.0 Å². The first kappa shape index (κ1) is 17.7. The maximum Gasteiger partial charge on any atom is 0.256 e. The van der Waals surface area contributed by atoms with Crippen molar-refractivity contribution in [2.45, 2.75) is 38.8 Å². The maximum absolute atomic E-state index is 13.0. The van der Waals surface area contributed by atoms with Crippen LogP contribution in [0.5, 0.6) is 0 Å². The maximum atomic E-state index is 13.0. The van der Waals surface area contributed by atoms with Crippen LogP contribution in [0.25, 0.3) is 0 Å². The summed E-state index contributed by atoms with van der Waals surface area (Å²) < 4.78 is 5.67. The van der Waals surface area contributed by atoms with Crippen LogP contribution in [0.3, 0.4) is 0 Å². The number of hydrogen-bond donors (Lipinski definition) is 1. The Bertz CT molecular complexity index is 872. The number of anilines is 1. The van der Waals surface area contributed by atoms with Gasteiger partial charge in [-0.2, -0.15) is 0 Å².